The van der Waals surface area contributed by atoms with Crippen LogP contribution in [0.25, 0.3) is 0 Å². The molecule has 5 atom stereocenters. The van der Waals surface area contributed by atoms with Crippen LogP contribution < -0.4 is 47.6 Å². The molecule has 1 aromatic carbocycles. The quantitative estimate of drug-likeness (QED) is 0.125. The van der Waals surface area contributed by atoms with Gasteiger partial charge in [-0.3, -0.25) is 47.8 Å². The van der Waals surface area contributed by atoms with Crippen LogP contribution in [0.5, 0.6) is 5.75 Å². The summed E-state index contributed by atoms with van der Waals surface area (Å²) in [5.41, 5.74) is 2.44. The van der Waals surface area contributed by atoms with Crippen molar-refractivity contribution in [3.8, 4) is 5.75 Å². The van der Waals surface area contributed by atoms with Gasteiger partial charge in [-0.1, -0.05) is 39.8 Å². The molecule has 67 heavy (non-hydrogen) atoms. The van der Waals surface area contributed by atoms with Crippen molar-refractivity contribution >= 4 is 51.8 Å². The number of hydrogen-bond donors (Lipinski definition) is 4. The molecule has 0 bridgehead atoms. The third kappa shape index (κ3) is 16.3. The number of pyridine rings is 2. The number of Topliss-reactive ketones (excluding diaryl/α,β-unsaturated/α-hetero) is 4. The lowest BCUT2D eigenvalue weighted by molar-refractivity contribution is -0.125. The van der Waals surface area contributed by atoms with Crippen LogP contribution in [0.15, 0.2) is 75.4 Å². The smallest absolute Gasteiger partial charge is 0.277 e. The van der Waals surface area contributed by atoms with E-state index in [9.17, 15) is 38.4 Å². The second-order valence-corrected chi connectivity index (χ2v) is 14.8. The largest absolute Gasteiger partial charge is 0.489 e. The van der Waals surface area contributed by atoms with Crippen LogP contribution in [0, 0.1) is 13.8 Å². The Balaban J connectivity index is 0.000000850. The van der Waals surface area contributed by atoms with Crippen LogP contribution in [-0.4, -0.2) is 94.6 Å². The van der Waals surface area contributed by atoms with Crippen molar-refractivity contribution in [2.75, 3.05) is 55.6 Å². The topological polar surface area (TPSA) is 225 Å². The van der Waals surface area contributed by atoms with E-state index < -0.39 is 30.2 Å². The average molecular weight is 934 g/mol. The first kappa shape index (κ1) is 60.3. The number of aromatic nitrogens is 4. The third-order valence-corrected chi connectivity index (χ3v) is 10.6. The number of nitrogens with one attached hydrogen (secondary N) is 4. The van der Waals surface area contributed by atoms with E-state index in [1.54, 1.807) is 99.5 Å². The first-order valence-electron chi connectivity index (χ1n) is 22.4. The number of likely N-dealkylation sites (N-methyl/N-ethyl adjacent to an activating group) is 1. The zero-order valence-electron chi connectivity index (χ0n) is 42.8. The third-order valence-electron chi connectivity index (χ3n) is 10.6. The van der Waals surface area contributed by atoms with Crippen molar-refractivity contribution in [3.63, 3.8) is 0 Å². The maximum absolute atomic E-state index is 12.5. The maximum Gasteiger partial charge on any atom is 0.277 e. The van der Waals surface area contributed by atoms with Crippen molar-refractivity contribution in [2.45, 2.75) is 127 Å². The van der Waals surface area contributed by atoms with E-state index in [0.717, 1.165) is 5.56 Å². The minimum absolute atomic E-state index is 0.0250. The van der Waals surface area contributed by atoms with Crippen LogP contribution in [-0.2, 0) is 24.0 Å². The van der Waals surface area contributed by atoms with Gasteiger partial charge in [0, 0.05) is 33.5 Å². The number of benzene rings is 1. The molecule has 0 saturated carbocycles. The Morgan fingerprint density at radius 1 is 0.627 bits per heavy atom. The number of aryl methyl sites for hydroxylation is 2. The van der Waals surface area contributed by atoms with Gasteiger partial charge < -0.3 is 35.1 Å². The minimum Gasteiger partial charge on any atom is -0.489 e. The molecule has 1 aliphatic rings. The van der Waals surface area contributed by atoms with Gasteiger partial charge in [0.25, 0.3) is 16.7 Å². The van der Waals surface area contributed by atoms with Crippen molar-refractivity contribution in [1.82, 2.24) is 24.0 Å². The molecule has 18 heteroatoms. The zero-order chi connectivity index (χ0) is 51.9. The van der Waals surface area contributed by atoms with Crippen LogP contribution in [0.2, 0.25) is 0 Å². The highest BCUT2D eigenvalue weighted by Gasteiger charge is 2.35. The molecule has 1 amide bonds. The highest BCUT2D eigenvalue weighted by Crippen LogP contribution is 2.32. The lowest BCUT2D eigenvalue weighted by atomic mass is 10.1. The molecular weight excluding hydrogens is 859 g/mol. The molecule has 0 radical (unpaired) electrons. The van der Waals surface area contributed by atoms with Crippen molar-refractivity contribution < 1.29 is 28.7 Å². The van der Waals surface area contributed by atoms with Crippen molar-refractivity contribution in [3.05, 3.63) is 104 Å². The molecule has 0 spiro atoms. The second-order valence-electron chi connectivity index (χ2n) is 14.8. The van der Waals surface area contributed by atoms with Gasteiger partial charge in [-0.05, 0) is 112 Å². The Morgan fingerprint density at radius 2 is 1.13 bits per heavy atom. The van der Waals surface area contributed by atoms with Gasteiger partial charge in [0.1, 0.15) is 41.3 Å². The number of hydrogen-bond acceptors (Lipinski definition) is 14. The minimum atomic E-state index is -0.508. The van der Waals surface area contributed by atoms with Crippen molar-refractivity contribution in [1.29, 1.82) is 0 Å². The molecule has 4 heterocycles. The molecule has 3 aromatic heterocycles. The van der Waals surface area contributed by atoms with Crippen LogP contribution in [0.4, 0.5) is 22.7 Å². The molecule has 4 aromatic rings. The van der Waals surface area contributed by atoms with Gasteiger partial charge in [-0.15, -0.1) is 0 Å². The first-order chi connectivity index (χ1) is 31.6. The number of carbonyl (C=O) groups excluding carboxylic acids is 5. The number of ketones is 4. The fourth-order valence-corrected chi connectivity index (χ4v) is 6.11. The van der Waals surface area contributed by atoms with E-state index in [2.05, 4.69) is 26.3 Å². The van der Waals surface area contributed by atoms with Gasteiger partial charge in [-0.25, -0.2) is 4.98 Å². The fraction of sp³-hybridized carbons (Fsp3) is 0.490. The average Bonchev–Trinajstić information content (AvgIpc) is 3.45. The molecule has 18 nitrogen and oxygen atoms in total. The van der Waals surface area contributed by atoms with Crippen LogP contribution >= 0.6 is 0 Å². The van der Waals surface area contributed by atoms with Crippen LogP contribution in [0.1, 0.15) is 113 Å². The lowest BCUT2D eigenvalue weighted by Gasteiger charge is -2.28. The molecule has 5 unspecified atom stereocenters. The number of nitrogens with zero attached hydrogens (tertiary/aromatic N) is 5. The molecule has 0 fully saturated rings. The van der Waals surface area contributed by atoms with Crippen molar-refractivity contribution in [2.24, 2.45) is 0 Å². The summed E-state index contributed by atoms with van der Waals surface area (Å²) in [4.78, 5) is 98.8. The summed E-state index contributed by atoms with van der Waals surface area (Å²) in [6.07, 6.45) is 4.75. The summed E-state index contributed by atoms with van der Waals surface area (Å²) in [7, 11) is 6.74. The maximum atomic E-state index is 12.5. The number of para-hydroxylation sites is 2. The molecule has 4 N–H and O–H groups in total. The summed E-state index contributed by atoms with van der Waals surface area (Å²) in [5.74, 6) is 0.858. The van der Waals surface area contributed by atoms with E-state index in [1.807, 2.05) is 52.8 Å². The van der Waals surface area contributed by atoms with Gasteiger partial charge >= 0.3 is 0 Å². The SMILES string of the molecule is CC.CC.CNC1COc2ccccc2N(C(C)C(C)=O)C1=O.CNc1c(C)ccn(C(C)C(C)=O)c1=O.CNc1cccn(C(C)C(C)=O)c1=O.CNc1cnc(C)n(C(C)C(C)=O)c1=O. The number of rotatable bonds is 12. The number of carbonyl (C=O) groups is 5. The summed E-state index contributed by atoms with van der Waals surface area (Å²) in [5, 5.41) is 11.3. The fourth-order valence-electron chi connectivity index (χ4n) is 6.11. The normalized spacial score (nSPS) is 14.0. The molecule has 0 aliphatic carbocycles. The van der Waals surface area contributed by atoms with Crippen LogP contribution in [0.3, 0.4) is 0 Å². The lowest BCUT2D eigenvalue weighted by Crippen LogP contribution is -2.51. The molecule has 0 saturated heterocycles. The van der Waals surface area contributed by atoms with E-state index >= 15 is 0 Å². The monoisotopic (exact) mass is 934 g/mol. The van der Waals surface area contributed by atoms with Gasteiger partial charge in [0.2, 0.25) is 5.91 Å². The predicted octanol–water partition coefficient (Wildman–Crippen LogP) is 6.16. The first-order valence-corrected chi connectivity index (χ1v) is 22.4. The number of amides is 1. The highest BCUT2D eigenvalue weighted by atomic mass is 16.5. The second kappa shape index (κ2) is 29.8. The standard InChI is InChI=1S/C14H18N2O3.C11H16N2O2.C10H15N3O2.C10H14N2O2.2C2H6/c1-9(10(2)17)16-12-6-4-5-7-13(12)19-8-11(15-3)14(16)18;1-7-5-6-13(8(2)9(3)14)11(15)10(7)12-4;1-6(7(2)14)13-8(3)12-5-9(11-4)10(13)15;1-7(8(2)13)12-6-4-5-9(11-3)10(12)14;2*1-2/h4-7,9,11,15H,8H2,1-3H3;5-6,8,12H,1-4H3;5-6,11H,1-4H3;4-7,11H,1-3H3;2*1-2H3. The van der Waals surface area contributed by atoms with E-state index in [0.29, 0.717) is 34.3 Å². The molecule has 370 valence electrons. The summed E-state index contributed by atoms with van der Waals surface area (Å²) < 4.78 is 9.91. The summed E-state index contributed by atoms with van der Waals surface area (Å²) >= 11 is 0. The van der Waals surface area contributed by atoms with Gasteiger partial charge in [-0.2, -0.15) is 0 Å². The Morgan fingerprint density at radius 3 is 1.61 bits per heavy atom. The molecule has 5 rings (SSSR count). The van der Waals surface area contributed by atoms with Gasteiger partial charge in [0.05, 0.1) is 36.1 Å². The zero-order valence-corrected chi connectivity index (χ0v) is 42.8. The number of ether oxygens (including phenoxy) is 1. The Hall–Kier alpha value is -6.69. The van der Waals surface area contributed by atoms with E-state index in [1.165, 1.54) is 52.5 Å². The Labute approximate surface area is 395 Å². The number of anilines is 4. The predicted molar refractivity (Wildman–Crippen MR) is 269 cm³/mol. The van der Waals surface area contributed by atoms with E-state index in [4.69, 9.17) is 4.74 Å². The summed E-state index contributed by atoms with van der Waals surface area (Å²) in [6, 6.07) is 10.3. The van der Waals surface area contributed by atoms with E-state index in [-0.39, 0.29) is 52.3 Å². The summed E-state index contributed by atoms with van der Waals surface area (Å²) in [6.45, 7) is 24.6. The molecule has 1 aliphatic heterocycles. The number of fused-ring (bicyclic) bond motifs is 1. The Kier molecular flexibility index (Phi) is 26.8. The van der Waals surface area contributed by atoms with Gasteiger partial charge in [0.15, 0.2) is 23.1 Å². The molecular formula is C49H75N9O9. The highest BCUT2D eigenvalue weighted by molar-refractivity contribution is 6.04. The Bertz CT molecular complexity index is 2440.